The quantitative estimate of drug-likeness (QED) is 0.861. The van der Waals surface area contributed by atoms with Gasteiger partial charge in [-0.15, -0.1) is 11.8 Å². The van der Waals surface area contributed by atoms with Gasteiger partial charge in [0.05, 0.1) is 5.69 Å². The lowest BCUT2D eigenvalue weighted by Crippen LogP contribution is -2.41. The summed E-state index contributed by atoms with van der Waals surface area (Å²) in [5.74, 6) is -0.134. The Balaban J connectivity index is 2.36. The Morgan fingerprint density at radius 3 is 2.94 bits per heavy atom. The van der Waals surface area contributed by atoms with Crippen LogP contribution in [0.15, 0.2) is 23.1 Å². The predicted molar refractivity (Wildman–Crippen MR) is 67.6 cm³/mol. The summed E-state index contributed by atoms with van der Waals surface area (Å²) in [6.07, 6.45) is 0.964. The van der Waals surface area contributed by atoms with E-state index in [-0.39, 0.29) is 5.82 Å². The highest BCUT2D eigenvalue weighted by atomic mass is 32.2. The lowest BCUT2D eigenvalue weighted by molar-refractivity contribution is 0.570. The molecule has 0 amide bonds. The van der Waals surface area contributed by atoms with Gasteiger partial charge in [0.25, 0.3) is 0 Å². The number of hydrogen-bond donors (Lipinski definition) is 1. The molecule has 1 aromatic carbocycles. The number of benzene rings is 1. The van der Waals surface area contributed by atoms with E-state index in [9.17, 15) is 4.39 Å². The second kappa shape index (κ2) is 4.63. The van der Waals surface area contributed by atoms with Gasteiger partial charge in [-0.25, -0.2) is 4.39 Å². The first-order chi connectivity index (χ1) is 7.65. The maximum Gasteiger partial charge on any atom is 0.147 e. The van der Waals surface area contributed by atoms with E-state index in [0.717, 1.165) is 17.0 Å². The van der Waals surface area contributed by atoms with Gasteiger partial charge in [-0.05, 0) is 32.0 Å². The summed E-state index contributed by atoms with van der Waals surface area (Å²) < 4.78 is 13.7. The Morgan fingerprint density at radius 1 is 1.50 bits per heavy atom. The van der Waals surface area contributed by atoms with Crippen LogP contribution >= 0.6 is 11.8 Å². The SMILES string of the molecule is CC1C(CCN)Sc2cccc(F)c2N1C. The summed E-state index contributed by atoms with van der Waals surface area (Å²) in [5, 5.41) is 0.448. The van der Waals surface area contributed by atoms with E-state index in [4.69, 9.17) is 5.73 Å². The Labute approximate surface area is 100 Å². The fourth-order valence-corrected chi connectivity index (χ4v) is 3.58. The van der Waals surface area contributed by atoms with Gasteiger partial charge in [0.15, 0.2) is 0 Å². The average molecular weight is 240 g/mol. The average Bonchev–Trinajstić information content (AvgIpc) is 2.25. The molecule has 0 aromatic heterocycles. The number of halogens is 1. The molecule has 16 heavy (non-hydrogen) atoms. The van der Waals surface area contributed by atoms with E-state index in [1.807, 2.05) is 18.0 Å². The molecule has 0 aliphatic carbocycles. The van der Waals surface area contributed by atoms with Crippen LogP contribution in [0.5, 0.6) is 0 Å². The summed E-state index contributed by atoms with van der Waals surface area (Å²) in [7, 11) is 1.95. The molecule has 2 nitrogen and oxygen atoms in total. The van der Waals surface area contributed by atoms with Crippen molar-refractivity contribution in [2.45, 2.75) is 29.5 Å². The third-order valence-electron chi connectivity index (χ3n) is 3.18. The highest BCUT2D eigenvalue weighted by Gasteiger charge is 2.30. The van der Waals surface area contributed by atoms with Gasteiger partial charge < -0.3 is 10.6 Å². The van der Waals surface area contributed by atoms with Crippen molar-refractivity contribution in [3.8, 4) is 0 Å². The molecule has 1 aromatic rings. The van der Waals surface area contributed by atoms with Crippen LogP contribution in [-0.2, 0) is 0 Å². The summed E-state index contributed by atoms with van der Waals surface area (Å²) in [6, 6.07) is 5.59. The minimum atomic E-state index is -0.134. The maximum absolute atomic E-state index is 13.7. The fraction of sp³-hybridized carbons (Fsp3) is 0.500. The third kappa shape index (κ3) is 1.92. The molecule has 2 N–H and O–H groups in total. The minimum Gasteiger partial charge on any atom is -0.367 e. The van der Waals surface area contributed by atoms with E-state index in [1.165, 1.54) is 6.07 Å². The summed E-state index contributed by atoms with van der Waals surface area (Å²) >= 11 is 1.75. The van der Waals surface area contributed by atoms with Crippen LogP contribution in [-0.4, -0.2) is 24.9 Å². The zero-order valence-electron chi connectivity index (χ0n) is 9.61. The van der Waals surface area contributed by atoms with Crippen LogP contribution in [0.25, 0.3) is 0 Å². The first-order valence-electron chi connectivity index (χ1n) is 5.53. The van der Waals surface area contributed by atoms with E-state index in [1.54, 1.807) is 17.8 Å². The number of fused-ring (bicyclic) bond motifs is 1. The molecule has 1 heterocycles. The topological polar surface area (TPSA) is 29.3 Å². The lowest BCUT2D eigenvalue weighted by atomic mass is 10.1. The van der Waals surface area contributed by atoms with Gasteiger partial charge in [-0.3, -0.25) is 0 Å². The maximum atomic E-state index is 13.7. The molecular formula is C12H17FN2S. The van der Waals surface area contributed by atoms with Gasteiger partial charge in [0, 0.05) is 23.2 Å². The highest BCUT2D eigenvalue weighted by Crippen LogP contribution is 2.43. The van der Waals surface area contributed by atoms with Crippen LogP contribution in [0.4, 0.5) is 10.1 Å². The largest absolute Gasteiger partial charge is 0.367 e. The zero-order chi connectivity index (χ0) is 11.7. The predicted octanol–water partition coefficient (Wildman–Crippen LogP) is 2.47. The molecule has 2 atom stereocenters. The number of anilines is 1. The lowest BCUT2D eigenvalue weighted by Gasteiger charge is -2.39. The molecular weight excluding hydrogens is 223 g/mol. The van der Waals surface area contributed by atoms with Crippen molar-refractivity contribution in [2.75, 3.05) is 18.5 Å². The first kappa shape index (κ1) is 11.7. The minimum absolute atomic E-state index is 0.134. The summed E-state index contributed by atoms with van der Waals surface area (Å²) in [4.78, 5) is 3.06. The van der Waals surface area contributed by atoms with Crippen LogP contribution in [0.2, 0.25) is 0 Å². The van der Waals surface area contributed by atoms with Crippen molar-refractivity contribution in [3.05, 3.63) is 24.0 Å². The molecule has 88 valence electrons. The Hall–Kier alpha value is -0.740. The molecule has 1 aliphatic rings. The third-order valence-corrected chi connectivity index (χ3v) is 4.70. The fourth-order valence-electron chi connectivity index (χ4n) is 2.11. The number of hydrogen-bond acceptors (Lipinski definition) is 3. The smallest absolute Gasteiger partial charge is 0.147 e. The monoisotopic (exact) mass is 240 g/mol. The van der Waals surface area contributed by atoms with Gasteiger partial charge in [-0.2, -0.15) is 0 Å². The first-order valence-corrected chi connectivity index (χ1v) is 6.41. The second-order valence-corrected chi connectivity index (χ2v) is 5.45. The van der Waals surface area contributed by atoms with Crippen LogP contribution in [0.3, 0.4) is 0 Å². The van der Waals surface area contributed by atoms with Crippen molar-refractivity contribution in [1.82, 2.24) is 0 Å². The molecule has 0 spiro atoms. The molecule has 0 bridgehead atoms. The van der Waals surface area contributed by atoms with Gasteiger partial charge in [0.2, 0.25) is 0 Å². The Kier molecular flexibility index (Phi) is 3.40. The highest BCUT2D eigenvalue weighted by molar-refractivity contribution is 8.00. The Bertz CT molecular complexity index is 383. The van der Waals surface area contributed by atoms with Crippen molar-refractivity contribution in [3.63, 3.8) is 0 Å². The van der Waals surface area contributed by atoms with E-state index in [2.05, 4.69) is 6.92 Å². The second-order valence-electron chi connectivity index (χ2n) is 4.17. The number of rotatable bonds is 2. The van der Waals surface area contributed by atoms with Crippen molar-refractivity contribution >= 4 is 17.4 Å². The van der Waals surface area contributed by atoms with Crippen LogP contribution in [0.1, 0.15) is 13.3 Å². The number of nitrogens with zero attached hydrogens (tertiary/aromatic N) is 1. The van der Waals surface area contributed by atoms with Crippen LogP contribution in [0, 0.1) is 5.82 Å². The normalized spacial score (nSPS) is 24.4. The zero-order valence-corrected chi connectivity index (χ0v) is 10.4. The number of para-hydroxylation sites is 1. The molecule has 2 unspecified atom stereocenters. The number of nitrogens with two attached hydrogens (primary N) is 1. The van der Waals surface area contributed by atoms with Crippen molar-refractivity contribution in [2.24, 2.45) is 5.73 Å². The molecule has 0 fully saturated rings. The number of thioether (sulfide) groups is 1. The van der Waals surface area contributed by atoms with Gasteiger partial charge in [0.1, 0.15) is 5.82 Å². The van der Waals surface area contributed by atoms with Crippen LogP contribution < -0.4 is 10.6 Å². The molecule has 0 saturated heterocycles. The van der Waals surface area contributed by atoms with Crippen molar-refractivity contribution in [1.29, 1.82) is 0 Å². The summed E-state index contributed by atoms with van der Waals surface area (Å²) in [5.41, 5.74) is 6.34. The standard InChI is InChI=1S/C12H17FN2S/c1-8-10(6-7-14)16-11-5-3-4-9(13)12(11)15(8)2/h3-5,8,10H,6-7,14H2,1-2H3. The molecule has 1 aliphatic heterocycles. The van der Waals surface area contributed by atoms with Gasteiger partial charge >= 0.3 is 0 Å². The van der Waals surface area contributed by atoms with Crippen molar-refractivity contribution < 1.29 is 4.39 Å². The van der Waals surface area contributed by atoms with Gasteiger partial charge in [-0.1, -0.05) is 6.07 Å². The Morgan fingerprint density at radius 2 is 2.25 bits per heavy atom. The molecule has 4 heteroatoms. The molecule has 0 saturated carbocycles. The van der Waals surface area contributed by atoms with E-state index >= 15 is 0 Å². The van der Waals surface area contributed by atoms with E-state index in [0.29, 0.717) is 17.8 Å². The molecule has 2 rings (SSSR count). The molecule has 0 radical (unpaired) electrons. The van der Waals surface area contributed by atoms with E-state index < -0.39 is 0 Å². The summed E-state index contributed by atoms with van der Waals surface area (Å²) in [6.45, 7) is 2.81.